The lowest BCUT2D eigenvalue weighted by atomic mass is 9.91. The maximum absolute atomic E-state index is 12.0. The Morgan fingerprint density at radius 3 is 2.85 bits per heavy atom. The first-order valence-corrected chi connectivity index (χ1v) is 9.81. The lowest BCUT2D eigenvalue weighted by Crippen LogP contribution is -2.48. The Balaban J connectivity index is 1.60. The Kier molecular flexibility index (Phi) is 4.61. The molecule has 1 aliphatic heterocycles. The van der Waals surface area contributed by atoms with Gasteiger partial charge in [-0.15, -0.1) is 0 Å². The van der Waals surface area contributed by atoms with Gasteiger partial charge in [0.05, 0.1) is 6.20 Å². The number of nitrogens with zero attached hydrogens (tertiary/aromatic N) is 5. The van der Waals surface area contributed by atoms with Gasteiger partial charge in [-0.25, -0.2) is 9.97 Å². The molecule has 0 atom stereocenters. The molecule has 0 aromatic carbocycles. The average molecular weight is 406 g/mol. The molecule has 3 aromatic heterocycles. The molecule has 142 valence electrons. The third-order valence-corrected chi connectivity index (χ3v) is 6.35. The third-order valence-electron chi connectivity index (χ3n) is 4.84. The van der Waals surface area contributed by atoms with Crippen LogP contribution in [-0.2, 0) is 7.05 Å². The number of nitrogens with one attached hydrogen (secondary N) is 1. The molecule has 4 rings (SSSR count). The smallest absolute Gasteiger partial charge is 0.270 e. The van der Waals surface area contributed by atoms with Gasteiger partial charge in [-0.2, -0.15) is 5.10 Å². The lowest BCUT2D eigenvalue weighted by molar-refractivity contribution is 0.363. The van der Waals surface area contributed by atoms with E-state index in [0.717, 1.165) is 31.7 Å². The number of piperidine rings is 1. The van der Waals surface area contributed by atoms with Crippen molar-refractivity contribution in [1.29, 1.82) is 0 Å². The fourth-order valence-electron chi connectivity index (χ4n) is 3.00. The van der Waals surface area contributed by atoms with E-state index in [2.05, 4.69) is 32.0 Å². The van der Waals surface area contributed by atoms with Crippen molar-refractivity contribution in [2.24, 2.45) is 12.8 Å². The van der Waals surface area contributed by atoms with Gasteiger partial charge in [0.1, 0.15) is 16.4 Å². The van der Waals surface area contributed by atoms with Gasteiger partial charge >= 0.3 is 0 Å². The molecule has 1 fully saturated rings. The van der Waals surface area contributed by atoms with Gasteiger partial charge < -0.3 is 15.2 Å². The zero-order chi connectivity index (χ0) is 19.2. The Labute approximate surface area is 165 Å². The van der Waals surface area contributed by atoms with E-state index >= 15 is 0 Å². The molecular weight excluding hydrogens is 386 g/mol. The fourth-order valence-corrected chi connectivity index (χ4v) is 4.17. The Hall–Kier alpha value is -2.10. The fraction of sp³-hybridized carbons (Fsp3) is 0.412. The van der Waals surface area contributed by atoms with E-state index in [9.17, 15) is 4.79 Å². The molecule has 1 aliphatic rings. The number of pyridine rings is 1. The molecule has 0 bridgehead atoms. The van der Waals surface area contributed by atoms with Crippen molar-refractivity contribution in [1.82, 2.24) is 24.7 Å². The number of fused-ring (bicyclic) bond motifs is 1. The number of hydrogen-bond acceptors (Lipinski definition) is 7. The lowest BCUT2D eigenvalue weighted by Gasteiger charge is -2.37. The van der Waals surface area contributed by atoms with E-state index in [1.807, 2.05) is 0 Å². The molecule has 0 radical (unpaired) electrons. The van der Waals surface area contributed by atoms with E-state index in [0.29, 0.717) is 21.1 Å². The number of halogens is 1. The normalized spacial score (nSPS) is 16.8. The number of anilines is 1. The highest BCUT2D eigenvalue weighted by atomic mass is 35.5. The quantitative estimate of drug-likeness (QED) is 0.687. The Morgan fingerprint density at radius 1 is 1.37 bits per heavy atom. The summed E-state index contributed by atoms with van der Waals surface area (Å²) < 4.78 is 1.44. The first-order valence-electron chi connectivity index (χ1n) is 8.62. The zero-order valence-electron chi connectivity index (χ0n) is 15.1. The monoisotopic (exact) mass is 405 g/mol. The molecule has 3 aromatic rings. The van der Waals surface area contributed by atoms with Crippen LogP contribution in [0.25, 0.3) is 11.2 Å². The van der Waals surface area contributed by atoms with Crippen LogP contribution in [0, 0.1) is 0 Å². The van der Waals surface area contributed by atoms with Crippen LogP contribution < -0.4 is 16.2 Å². The van der Waals surface area contributed by atoms with Crippen LogP contribution in [0.15, 0.2) is 33.2 Å². The molecule has 0 amide bonds. The molecule has 3 N–H and O–H groups in total. The van der Waals surface area contributed by atoms with Crippen molar-refractivity contribution >= 4 is 40.3 Å². The van der Waals surface area contributed by atoms with E-state index in [1.54, 1.807) is 25.5 Å². The number of H-pyrrole nitrogens is 1. The second kappa shape index (κ2) is 6.81. The predicted molar refractivity (Wildman–Crippen MR) is 107 cm³/mol. The summed E-state index contributed by atoms with van der Waals surface area (Å²) >= 11 is 7.47. The van der Waals surface area contributed by atoms with Crippen molar-refractivity contribution in [3.8, 4) is 0 Å². The van der Waals surface area contributed by atoms with Crippen molar-refractivity contribution in [2.75, 3.05) is 18.0 Å². The molecule has 27 heavy (non-hydrogen) atoms. The molecule has 4 heterocycles. The number of aromatic amines is 1. The summed E-state index contributed by atoms with van der Waals surface area (Å²) in [5, 5.41) is 8.03. The van der Waals surface area contributed by atoms with E-state index < -0.39 is 0 Å². The van der Waals surface area contributed by atoms with Gasteiger partial charge in [-0.3, -0.25) is 9.89 Å². The van der Waals surface area contributed by atoms with Gasteiger partial charge in [-0.05, 0) is 25.8 Å². The molecular formula is C17H20ClN7OS. The van der Waals surface area contributed by atoms with Crippen LogP contribution in [0.5, 0.6) is 0 Å². The highest BCUT2D eigenvalue weighted by molar-refractivity contribution is 7.99. The maximum atomic E-state index is 12.0. The summed E-state index contributed by atoms with van der Waals surface area (Å²) in [6.07, 6.45) is 5.26. The molecule has 10 heteroatoms. The molecule has 0 spiro atoms. The van der Waals surface area contributed by atoms with Crippen LogP contribution in [-0.4, -0.2) is 43.4 Å². The average Bonchev–Trinajstić information content (AvgIpc) is 3.04. The SMILES string of the molecule is Cn1ccc(Sc2n[nH]c3nc(N4CCC(C)(N)CC4)cnc23)c(Cl)c1=O. The van der Waals surface area contributed by atoms with Gasteiger partial charge in [0, 0.05) is 36.8 Å². The molecule has 0 unspecified atom stereocenters. The van der Waals surface area contributed by atoms with Crippen molar-refractivity contribution in [2.45, 2.75) is 35.2 Å². The summed E-state index contributed by atoms with van der Waals surface area (Å²) in [7, 11) is 1.66. The first-order chi connectivity index (χ1) is 12.8. The zero-order valence-corrected chi connectivity index (χ0v) is 16.6. The first kappa shape index (κ1) is 18.3. The van der Waals surface area contributed by atoms with Crippen molar-refractivity contribution in [3.05, 3.63) is 33.8 Å². The van der Waals surface area contributed by atoms with Crippen molar-refractivity contribution in [3.63, 3.8) is 0 Å². The second-order valence-corrected chi connectivity index (χ2v) is 8.52. The summed E-state index contributed by atoms with van der Waals surface area (Å²) in [6, 6.07) is 1.79. The van der Waals surface area contributed by atoms with E-state index in [4.69, 9.17) is 17.3 Å². The molecule has 0 saturated carbocycles. The number of aromatic nitrogens is 5. The molecule has 1 saturated heterocycles. The van der Waals surface area contributed by atoms with Crippen LogP contribution >= 0.6 is 23.4 Å². The van der Waals surface area contributed by atoms with Gasteiger partial charge in [0.2, 0.25) is 0 Å². The number of hydrogen-bond donors (Lipinski definition) is 2. The maximum Gasteiger partial charge on any atom is 0.270 e. The van der Waals surface area contributed by atoms with Crippen LogP contribution in [0.3, 0.4) is 0 Å². The standard InChI is InChI=1S/C17H20ClN7OS/c1-17(19)4-7-25(8-5-17)11-9-20-13-14(21-11)22-23-15(13)27-10-3-6-24(2)16(26)12(10)18/h3,6,9H,4-5,7-8,19H2,1-2H3,(H,21,22,23). The number of rotatable bonds is 3. The van der Waals surface area contributed by atoms with Gasteiger partial charge in [-0.1, -0.05) is 23.4 Å². The second-order valence-electron chi connectivity index (χ2n) is 7.11. The van der Waals surface area contributed by atoms with Crippen LogP contribution in [0.1, 0.15) is 19.8 Å². The topological polar surface area (TPSA) is 106 Å². The largest absolute Gasteiger partial charge is 0.355 e. The van der Waals surface area contributed by atoms with Gasteiger partial charge in [0.25, 0.3) is 5.56 Å². The number of aryl methyl sites for hydroxylation is 1. The minimum Gasteiger partial charge on any atom is -0.355 e. The van der Waals surface area contributed by atoms with Crippen molar-refractivity contribution < 1.29 is 0 Å². The minimum absolute atomic E-state index is 0.113. The Bertz CT molecular complexity index is 1050. The predicted octanol–water partition coefficient (Wildman–Crippen LogP) is 2.17. The number of nitrogens with two attached hydrogens (primary N) is 1. The van der Waals surface area contributed by atoms with Crippen LogP contribution in [0.4, 0.5) is 5.82 Å². The van der Waals surface area contributed by atoms with E-state index in [-0.39, 0.29) is 16.1 Å². The summed E-state index contributed by atoms with van der Waals surface area (Å²) in [5.74, 6) is 0.810. The third kappa shape index (κ3) is 3.54. The summed E-state index contributed by atoms with van der Waals surface area (Å²) in [5.41, 5.74) is 7.11. The minimum atomic E-state index is -0.244. The van der Waals surface area contributed by atoms with Gasteiger partial charge in [0.15, 0.2) is 10.7 Å². The summed E-state index contributed by atoms with van der Waals surface area (Å²) in [6.45, 7) is 3.79. The summed E-state index contributed by atoms with van der Waals surface area (Å²) in [4.78, 5) is 24.0. The van der Waals surface area contributed by atoms with Crippen LogP contribution in [0.2, 0.25) is 5.02 Å². The Morgan fingerprint density at radius 2 is 2.11 bits per heavy atom. The molecule has 0 aliphatic carbocycles. The highest BCUT2D eigenvalue weighted by Gasteiger charge is 2.27. The highest BCUT2D eigenvalue weighted by Crippen LogP contribution is 2.33. The van der Waals surface area contributed by atoms with E-state index in [1.165, 1.54) is 16.3 Å². The molecule has 8 nitrogen and oxygen atoms in total.